The van der Waals surface area contributed by atoms with Crippen LogP contribution in [0.4, 0.5) is 0 Å². The quantitative estimate of drug-likeness (QED) is 0.787. The van der Waals surface area contributed by atoms with Gasteiger partial charge in [0.05, 0.1) is 9.21 Å². The Kier molecular flexibility index (Phi) is 3.10. The van der Waals surface area contributed by atoms with Crippen molar-refractivity contribution in [3.63, 3.8) is 0 Å². The zero-order valence-electron chi connectivity index (χ0n) is 9.50. The predicted octanol–water partition coefficient (Wildman–Crippen LogP) is 2.61. The fraction of sp³-hybridized carbons (Fsp3) is 0. The van der Waals surface area contributed by atoms with Crippen LogP contribution in [0.5, 0.6) is 0 Å². The minimum Gasteiger partial charge on any atom is -0.302 e. The first-order chi connectivity index (χ1) is 9.24. The zero-order chi connectivity index (χ0) is 13.2. The van der Waals surface area contributed by atoms with Crippen LogP contribution < -0.4 is 5.56 Å². The van der Waals surface area contributed by atoms with Crippen molar-refractivity contribution in [3.8, 4) is 22.1 Å². The molecule has 5 nitrogen and oxygen atoms in total. The van der Waals surface area contributed by atoms with Gasteiger partial charge in [0.25, 0.3) is 5.56 Å². The van der Waals surface area contributed by atoms with E-state index in [0.717, 1.165) is 0 Å². The molecule has 1 N–H and O–H groups in total. The molecule has 0 atom stereocenters. The number of aromatic nitrogens is 4. The molecule has 0 aliphatic carbocycles. The van der Waals surface area contributed by atoms with Crippen molar-refractivity contribution in [1.29, 1.82) is 0 Å². The monoisotopic (exact) mass is 290 g/mol. The molecule has 0 spiro atoms. The van der Waals surface area contributed by atoms with Crippen LogP contribution in [0.3, 0.4) is 0 Å². The van der Waals surface area contributed by atoms with Crippen LogP contribution >= 0.6 is 22.9 Å². The van der Waals surface area contributed by atoms with E-state index in [0.29, 0.717) is 20.7 Å². The first kappa shape index (κ1) is 12.0. The minimum atomic E-state index is -0.311. The lowest BCUT2D eigenvalue weighted by atomic mass is 10.3. The Morgan fingerprint density at radius 2 is 2.05 bits per heavy atom. The summed E-state index contributed by atoms with van der Waals surface area (Å²) in [6.07, 6.45) is 1.63. The summed E-state index contributed by atoms with van der Waals surface area (Å²) in [6, 6.07) is 8.82. The molecule has 0 aliphatic rings. The third-order valence-electron chi connectivity index (χ3n) is 2.41. The maximum absolute atomic E-state index is 12.0. The number of nitrogens with one attached hydrogen (secondary N) is 1. The molecule has 94 valence electrons. The number of rotatable bonds is 2. The number of halogens is 1. The van der Waals surface area contributed by atoms with Gasteiger partial charge in [0, 0.05) is 6.20 Å². The molecule has 0 saturated carbocycles. The molecule has 0 unspecified atom stereocenters. The zero-order valence-corrected chi connectivity index (χ0v) is 11.1. The first-order valence-corrected chi connectivity index (χ1v) is 6.57. The van der Waals surface area contributed by atoms with E-state index >= 15 is 0 Å². The molecule has 19 heavy (non-hydrogen) atoms. The average molecular weight is 291 g/mol. The molecule has 3 rings (SSSR count). The standard InChI is InChI=1S/C12H7ClN4OS/c13-9-5-4-8(19-9)10-12(18)15-11(17-16-10)7-3-1-2-6-14-7/h1-6H,(H,15,17,18). The SMILES string of the molecule is O=c1[nH]c(-c2ccccn2)nnc1-c1ccc(Cl)s1. The van der Waals surface area contributed by atoms with Crippen LogP contribution in [-0.2, 0) is 0 Å². The summed E-state index contributed by atoms with van der Waals surface area (Å²) in [6.45, 7) is 0. The van der Waals surface area contributed by atoms with E-state index in [1.807, 2.05) is 6.07 Å². The van der Waals surface area contributed by atoms with Gasteiger partial charge < -0.3 is 4.98 Å². The largest absolute Gasteiger partial charge is 0.302 e. The maximum atomic E-state index is 12.0. The second-order valence-corrected chi connectivity index (χ2v) is 5.39. The lowest BCUT2D eigenvalue weighted by molar-refractivity contribution is 0.956. The number of pyridine rings is 1. The highest BCUT2D eigenvalue weighted by atomic mass is 35.5. The third-order valence-corrected chi connectivity index (χ3v) is 3.65. The molecule has 0 radical (unpaired) electrons. The maximum Gasteiger partial charge on any atom is 0.278 e. The summed E-state index contributed by atoms with van der Waals surface area (Å²) < 4.78 is 0.602. The van der Waals surface area contributed by atoms with Gasteiger partial charge in [-0.1, -0.05) is 17.7 Å². The number of aromatic amines is 1. The van der Waals surface area contributed by atoms with Gasteiger partial charge in [-0.15, -0.1) is 21.5 Å². The van der Waals surface area contributed by atoms with E-state index in [1.165, 1.54) is 11.3 Å². The van der Waals surface area contributed by atoms with Crippen LogP contribution in [0.15, 0.2) is 41.3 Å². The van der Waals surface area contributed by atoms with Crippen molar-refractivity contribution in [2.24, 2.45) is 0 Å². The Morgan fingerprint density at radius 3 is 2.68 bits per heavy atom. The predicted molar refractivity (Wildman–Crippen MR) is 74.2 cm³/mol. The summed E-state index contributed by atoms with van der Waals surface area (Å²) >= 11 is 7.12. The van der Waals surface area contributed by atoms with Crippen LogP contribution in [0, 0.1) is 0 Å². The highest BCUT2D eigenvalue weighted by Crippen LogP contribution is 2.27. The van der Waals surface area contributed by atoms with Crippen molar-refractivity contribution in [2.45, 2.75) is 0 Å². The Labute approximate surface area is 116 Å². The van der Waals surface area contributed by atoms with Crippen molar-refractivity contribution in [3.05, 3.63) is 51.2 Å². The smallest absolute Gasteiger partial charge is 0.278 e. The minimum absolute atomic E-state index is 0.261. The van der Waals surface area contributed by atoms with Crippen LogP contribution in [0.1, 0.15) is 0 Å². The molecule has 0 aliphatic heterocycles. The highest BCUT2D eigenvalue weighted by molar-refractivity contribution is 7.19. The molecule has 0 amide bonds. The summed E-state index contributed by atoms with van der Waals surface area (Å²) in [5, 5.41) is 7.95. The topological polar surface area (TPSA) is 71.5 Å². The first-order valence-electron chi connectivity index (χ1n) is 5.38. The Hall–Kier alpha value is -2.05. The number of H-pyrrole nitrogens is 1. The van der Waals surface area contributed by atoms with E-state index < -0.39 is 0 Å². The van der Waals surface area contributed by atoms with Gasteiger partial charge in [-0.2, -0.15) is 0 Å². The summed E-state index contributed by atoms with van der Waals surface area (Å²) in [4.78, 5) is 19.5. The number of hydrogen-bond acceptors (Lipinski definition) is 5. The third kappa shape index (κ3) is 2.40. The van der Waals surface area contributed by atoms with E-state index in [4.69, 9.17) is 11.6 Å². The molecule has 0 bridgehead atoms. The average Bonchev–Trinajstić information content (AvgIpc) is 2.86. The van der Waals surface area contributed by atoms with Gasteiger partial charge in [0.15, 0.2) is 11.5 Å². The van der Waals surface area contributed by atoms with E-state index in [2.05, 4.69) is 20.2 Å². The molecule has 3 heterocycles. The van der Waals surface area contributed by atoms with Crippen LogP contribution in [0.25, 0.3) is 22.1 Å². The molecule has 3 aromatic heterocycles. The van der Waals surface area contributed by atoms with Gasteiger partial charge in [0.1, 0.15) is 5.69 Å². The van der Waals surface area contributed by atoms with Gasteiger partial charge in [-0.25, -0.2) is 0 Å². The fourth-order valence-corrected chi connectivity index (χ4v) is 2.58. The molecular formula is C12H7ClN4OS. The number of nitrogens with zero attached hydrogens (tertiary/aromatic N) is 3. The normalized spacial score (nSPS) is 10.6. The van der Waals surface area contributed by atoms with E-state index in [-0.39, 0.29) is 11.3 Å². The summed E-state index contributed by atoms with van der Waals surface area (Å²) in [5.74, 6) is 0.344. The van der Waals surface area contributed by atoms with Crippen molar-refractivity contribution in [1.82, 2.24) is 20.2 Å². The fourth-order valence-electron chi connectivity index (χ4n) is 1.56. The molecule has 0 aromatic carbocycles. The Bertz CT molecular complexity index is 769. The van der Waals surface area contributed by atoms with Crippen molar-refractivity contribution >= 4 is 22.9 Å². The second kappa shape index (κ2) is 4.91. The van der Waals surface area contributed by atoms with Crippen LogP contribution in [-0.4, -0.2) is 20.2 Å². The molecular weight excluding hydrogens is 284 g/mol. The number of thiophene rings is 1. The molecule has 0 fully saturated rings. The van der Waals surface area contributed by atoms with Gasteiger partial charge in [-0.05, 0) is 24.3 Å². The second-order valence-electron chi connectivity index (χ2n) is 3.67. The van der Waals surface area contributed by atoms with Gasteiger partial charge in [-0.3, -0.25) is 9.78 Å². The van der Waals surface area contributed by atoms with Gasteiger partial charge in [0.2, 0.25) is 0 Å². The van der Waals surface area contributed by atoms with Crippen LogP contribution in [0.2, 0.25) is 4.34 Å². The molecule has 7 heteroatoms. The molecule has 3 aromatic rings. The van der Waals surface area contributed by atoms with E-state index in [1.54, 1.807) is 30.5 Å². The van der Waals surface area contributed by atoms with Crippen molar-refractivity contribution < 1.29 is 0 Å². The van der Waals surface area contributed by atoms with Crippen molar-refractivity contribution in [2.75, 3.05) is 0 Å². The Balaban J connectivity index is 2.06. The lowest BCUT2D eigenvalue weighted by Crippen LogP contribution is -2.14. The lowest BCUT2D eigenvalue weighted by Gasteiger charge is -1.99. The van der Waals surface area contributed by atoms with E-state index in [9.17, 15) is 4.79 Å². The van der Waals surface area contributed by atoms with Gasteiger partial charge >= 0.3 is 0 Å². The highest BCUT2D eigenvalue weighted by Gasteiger charge is 2.11. The summed E-state index contributed by atoms with van der Waals surface area (Å²) in [7, 11) is 0. The summed E-state index contributed by atoms with van der Waals surface area (Å²) in [5.41, 5.74) is 0.522. The molecule has 0 saturated heterocycles. The Morgan fingerprint density at radius 1 is 1.16 bits per heavy atom. The number of hydrogen-bond donors (Lipinski definition) is 1.